The average molecular weight is 444 g/mol. The molecule has 0 radical (unpaired) electrons. The van der Waals surface area contributed by atoms with Crippen LogP contribution < -0.4 is 4.90 Å². The standard InChI is InChI=1S/C22H25N3O3S2/c1-4-30(27,28)20-8-6-5-7-17(20)21(26)25-12-11-24(14-16(25)3)22-23-18-10-9-15(2)13-19(18)29-22/h5-10,13,16H,4,11-12,14H2,1-3H3. The number of hydrogen-bond donors (Lipinski definition) is 0. The SMILES string of the molecule is CCS(=O)(=O)c1ccccc1C(=O)N1CCN(c2nc3ccc(C)cc3s2)CC1C. The van der Waals surface area contributed by atoms with E-state index in [4.69, 9.17) is 4.98 Å². The maximum absolute atomic E-state index is 13.2. The zero-order chi connectivity index (χ0) is 21.5. The lowest BCUT2D eigenvalue weighted by Gasteiger charge is -2.40. The van der Waals surface area contributed by atoms with Gasteiger partial charge in [0.1, 0.15) is 0 Å². The molecule has 3 aromatic rings. The third kappa shape index (κ3) is 3.81. The van der Waals surface area contributed by atoms with E-state index in [1.54, 1.807) is 41.4 Å². The van der Waals surface area contributed by atoms with E-state index in [0.717, 1.165) is 15.3 Å². The van der Waals surface area contributed by atoms with Crippen LogP contribution in [0.25, 0.3) is 10.2 Å². The number of amides is 1. The lowest BCUT2D eigenvalue weighted by atomic mass is 10.1. The van der Waals surface area contributed by atoms with Gasteiger partial charge >= 0.3 is 0 Å². The largest absolute Gasteiger partial charge is 0.344 e. The number of aryl methyl sites for hydroxylation is 1. The van der Waals surface area contributed by atoms with Crippen molar-refractivity contribution in [3.63, 3.8) is 0 Å². The number of piperazine rings is 1. The van der Waals surface area contributed by atoms with E-state index in [9.17, 15) is 13.2 Å². The maximum atomic E-state index is 13.2. The van der Waals surface area contributed by atoms with Gasteiger partial charge in [-0.2, -0.15) is 0 Å². The molecule has 8 heteroatoms. The van der Waals surface area contributed by atoms with Gasteiger partial charge in [-0.3, -0.25) is 4.79 Å². The van der Waals surface area contributed by atoms with Crippen molar-refractivity contribution in [2.75, 3.05) is 30.3 Å². The summed E-state index contributed by atoms with van der Waals surface area (Å²) in [6.07, 6.45) is 0. The summed E-state index contributed by atoms with van der Waals surface area (Å²) in [5, 5.41) is 0.962. The van der Waals surface area contributed by atoms with Crippen LogP contribution in [0.5, 0.6) is 0 Å². The molecule has 158 valence electrons. The van der Waals surface area contributed by atoms with Crippen LogP contribution in [0, 0.1) is 6.92 Å². The number of carbonyl (C=O) groups is 1. The van der Waals surface area contributed by atoms with Gasteiger partial charge in [0.25, 0.3) is 5.91 Å². The topological polar surface area (TPSA) is 70.6 Å². The number of aromatic nitrogens is 1. The molecule has 6 nitrogen and oxygen atoms in total. The first-order valence-corrected chi connectivity index (χ1v) is 12.5. The molecule has 1 fully saturated rings. The molecule has 1 unspecified atom stereocenters. The summed E-state index contributed by atoms with van der Waals surface area (Å²) < 4.78 is 26.1. The molecule has 0 spiro atoms. The number of anilines is 1. The second-order valence-corrected chi connectivity index (χ2v) is 10.9. The van der Waals surface area contributed by atoms with Gasteiger partial charge in [-0.1, -0.05) is 36.5 Å². The van der Waals surface area contributed by atoms with Gasteiger partial charge in [-0.05, 0) is 43.7 Å². The van der Waals surface area contributed by atoms with Crippen molar-refractivity contribution in [2.24, 2.45) is 0 Å². The molecule has 1 aliphatic heterocycles. The van der Waals surface area contributed by atoms with Crippen LogP contribution in [0.1, 0.15) is 29.8 Å². The Labute approximate surface area is 181 Å². The quantitative estimate of drug-likeness (QED) is 0.614. The van der Waals surface area contributed by atoms with Crippen LogP contribution in [0.4, 0.5) is 5.13 Å². The second kappa shape index (κ2) is 8.00. The second-order valence-electron chi connectivity index (χ2n) is 7.66. The van der Waals surface area contributed by atoms with Crippen molar-refractivity contribution in [1.82, 2.24) is 9.88 Å². The zero-order valence-corrected chi connectivity index (χ0v) is 19.0. The third-order valence-corrected chi connectivity index (χ3v) is 8.39. The first-order chi connectivity index (χ1) is 14.3. The van der Waals surface area contributed by atoms with Gasteiger partial charge in [0, 0.05) is 25.7 Å². The van der Waals surface area contributed by atoms with E-state index in [-0.39, 0.29) is 28.2 Å². The molecular weight excluding hydrogens is 418 g/mol. The van der Waals surface area contributed by atoms with Crippen molar-refractivity contribution in [2.45, 2.75) is 31.7 Å². The van der Waals surface area contributed by atoms with Crippen molar-refractivity contribution in [1.29, 1.82) is 0 Å². The molecule has 2 heterocycles. The number of rotatable bonds is 4. The molecule has 1 aromatic heterocycles. The fourth-order valence-electron chi connectivity index (χ4n) is 3.81. The van der Waals surface area contributed by atoms with Gasteiger partial charge < -0.3 is 9.80 Å². The minimum atomic E-state index is -3.47. The average Bonchev–Trinajstić information content (AvgIpc) is 3.16. The van der Waals surface area contributed by atoms with E-state index in [2.05, 4.69) is 24.0 Å². The lowest BCUT2D eigenvalue weighted by Crippen LogP contribution is -2.54. The highest BCUT2D eigenvalue weighted by atomic mass is 32.2. The minimum Gasteiger partial charge on any atom is -0.344 e. The summed E-state index contributed by atoms with van der Waals surface area (Å²) in [7, 11) is -3.47. The Morgan fingerprint density at radius 1 is 1.20 bits per heavy atom. The molecule has 1 atom stereocenters. The Hall–Kier alpha value is -2.45. The van der Waals surface area contributed by atoms with E-state index >= 15 is 0 Å². The number of sulfone groups is 1. The zero-order valence-electron chi connectivity index (χ0n) is 17.3. The molecule has 4 rings (SSSR count). The molecule has 0 aliphatic carbocycles. The lowest BCUT2D eigenvalue weighted by molar-refractivity contribution is 0.0670. The number of benzene rings is 2. The van der Waals surface area contributed by atoms with Gasteiger partial charge in [0.2, 0.25) is 0 Å². The number of nitrogens with zero attached hydrogens (tertiary/aromatic N) is 3. The summed E-state index contributed by atoms with van der Waals surface area (Å²) in [6, 6.07) is 12.7. The van der Waals surface area contributed by atoms with Crippen LogP contribution in [0.2, 0.25) is 0 Å². The van der Waals surface area contributed by atoms with E-state index in [0.29, 0.717) is 19.6 Å². The maximum Gasteiger partial charge on any atom is 0.255 e. The van der Waals surface area contributed by atoms with E-state index in [1.807, 2.05) is 13.0 Å². The van der Waals surface area contributed by atoms with Gasteiger partial charge in [-0.15, -0.1) is 0 Å². The Kier molecular flexibility index (Phi) is 5.55. The highest BCUT2D eigenvalue weighted by Gasteiger charge is 2.32. The highest BCUT2D eigenvalue weighted by molar-refractivity contribution is 7.91. The van der Waals surface area contributed by atoms with E-state index < -0.39 is 9.84 Å². The number of carbonyl (C=O) groups excluding carboxylic acids is 1. The number of fused-ring (bicyclic) bond motifs is 1. The van der Waals surface area contributed by atoms with Gasteiger partial charge in [0.05, 0.1) is 26.4 Å². The molecule has 0 N–H and O–H groups in total. The Morgan fingerprint density at radius 2 is 1.97 bits per heavy atom. The fourth-order valence-corrected chi connectivity index (χ4v) is 6.00. The Morgan fingerprint density at radius 3 is 2.70 bits per heavy atom. The fraction of sp³-hybridized carbons (Fsp3) is 0.364. The van der Waals surface area contributed by atoms with Crippen molar-refractivity contribution < 1.29 is 13.2 Å². The normalized spacial score (nSPS) is 17.5. The molecular formula is C22H25N3O3S2. The Balaban J connectivity index is 1.56. The molecule has 1 saturated heterocycles. The highest BCUT2D eigenvalue weighted by Crippen LogP contribution is 2.31. The number of hydrogen-bond acceptors (Lipinski definition) is 6. The van der Waals surface area contributed by atoms with Crippen LogP contribution in [-0.4, -0.2) is 55.6 Å². The van der Waals surface area contributed by atoms with Crippen LogP contribution in [0.3, 0.4) is 0 Å². The molecule has 0 bridgehead atoms. The van der Waals surface area contributed by atoms with Gasteiger partial charge in [-0.25, -0.2) is 13.4 Å². The van der Waals surface area contributed by atoms with Crippen molar-refractivity contribution >= 4 is 42.4 Å². The Bertz CT molecular complexity index is 1200. The summed E-state index contributed by atoms with van der Waals surface area (Å²) in [5.41, 5.74) is 2.46. The minimum absolute atomic E-state index is 0.0301. The first-order valence-electron chi connectivity index (χ1n) is 10.0. The molecule has 0 saturated carbocycles. The smallest absolute Gasteiger partial charge is 0.255 e. The van der Waals surface area contributed by atoms with Crippen molar-refractivity contribution in [3.8, 4) is 0 Å². The predicted molar refractivity (Wildman–Crippen MR) is 121 cm³/mol. The molecule has 30 heavy (non-hydrogen) atoms. The monoisotopic (exact) mass is 443 g/mol. The third-order valence-electron chi connectivity index (χ3n) is 5.52. The summed E-state index contributed by atoms with van der Waals surface area (Å²) in [4.78, 5) is 22.1. The van der Waals surface area contributed by atoms with Gasteiger partial charge in [0.15, 0.2) is 15.0 Å². The summed E-state index contributed by atoms with van der Waals surface area (Å²) in [5.74, 6) is -0.257. The summed E-state index contributed by atoms with van der Waals surface area (Å²) in [6.45, 7) is 7.51. The molecule has 1 amide bonds. The van der Waals surface area contributed by atoms with Crippen molar-refractivity contribution in [3.05, 3.63) is 53.6 Å². The number of thiazole rings is 1. The molecule has 1 aliphatic rings. The predicted octanol–water partition coefficient (Wildman–Crippen LogP) is 3.75. The van der Waals surface area contributed by atoms with Crippen LogP contribution in [0.15, 0.2) is 47.4 Å². The van der Waals surface area contributed by atoms with Crippen LogP contribution >= 0.6 is 11.3 Å². The van der Waals surface area contributed by atoms with E-state index in [1.165, 1.54) is 11.6 Å². The van der Waals surface area contributed by atoms with Crippen LogP contribution in [-0.2, 0) is 9.84 Å². The summed E-state index contributed by atoms with van der Waals surface area (Å²) >= 11 is 1.67. The first kappa shape index (κ1) is 20.8. The molecule has 2 aromatic carbocycles.